The Balaban J connectivity index is 1.28. The van der Waals surface area contributed by atoms with Gasteiger partial charge in [-0.05, 0) is 60.5 Å². The van der Waals surface area contributed by atoms with Crippen LogP contribution < -0.4 is 4.90 Å². The summed E-state index contributed by atoms with van der Waals surface area (Å²) in [4.78, 5) is 28.8. The SMILES string of the molecule is O=C1/C(=C\c2cccc(Cl)c2)SC(c2cccc(C(F)(F)F)c2)N1CCCN1CCN(c2ncccn2)CC1. The lowest BCUT2D eigenvalue weighted by molar-refractivity contribution is -0.137. The van der Waals surface area contributed by atoms with E-state index in [1.807, 2.05) is 6.07 Å². The van der Waals surface area contributed by atoms with Gasteiger partial charge < -0.3 is 9.80 Å². The molecule has 1 unspecified atom stereocenters. The Morgan fingerprint density at radius 2 is 1.72 bits per heavy atom. The van der Waals surface area contributed by atoms with E-state index in [0.717, 1.165) is 56.4 Å². The van der Waals surface area contributed by atoms with Gasteiger partial charge in [0.1, 0.15) is 5.37 Å². The van der Waals surface area contributed by atoms with Gasteiger partial charge in [-0.3, -0.25) is 9.69 Å². The number of halogens is 4. The molecule has 6 nitrogen and oxygen atoms in total. The highest BCUT2D eigenvalue weighted by molar-refractivity contribution is 8.04. The summed E-state index contributed by atoms with van der Waals surface area (Å²) in [6.45, 7) is 4.52. The fourth-order valence-electron chi connectivity index (χ4n) is 4.75. The quantitative estimate of drug-likeness (QED) is 0.324. The molecule has 0 radical (unpaired) electrons. The van der Waals surface area contributed by atoms with Crippen molar-refractivity contribution < 1.29 is 18.0 Å². The van der Waals surface area contributed by atoms with E-state index in [-0.39, 0.29) is 5.91 Å². The third-order valence-electron chi connectivity index (χ3n) is 6.72. The van der Waals surface area contributed by atoms with E-state index in [9.17, 15) is 18.0 Å². The Morgan fingerprint density at radius 3 is 2.44 bits per heavy atom. The molecular weight excluding hydrogens is 547 g/mol. The fourth-order valence-corrected chi connectivity index (χ4v) is 6.22. The van der Waals surface area contributed by atoms with Crippen molar-refractivity contribution in [2.45, 2.75) is 18.0 Å². The number of hydrogen-bond donors (Lipinski definition) is 0. The van der Waals surface area contributed by atoms with Crippen LogP contribution in [-0.4, -0.2) is 64.9 Å². The number of aromatic nitrogens is 2. The Hall–Kier alpha value is -3.08. The topological polar surface area (TPSA) is 52.6 Å². The number of anilines is 1. The molecule has 2 aliphatic rings. The highest BCUT2D eigenvalue weighted by atomic mass is 35.5. The number of nitrogens with zero attached hydrogens (tertiary/aromatic N) is 5. The molecule has 2 aliphatic heterocycles. The standard InChI is InChI=1S/C28H27ClF3N5OS/c29-23-8-1-5-20(17-23)18-24-25(38)37(26(39-24)21-6-2-7-22(19-21)28(30,31)32)12-4-11-35-13-15-36(16-14-35)27-33-9-3-10-34-27/h1-3,5-10,17-19,26H,4,11-16H2/b24-18+. The van der Waals surface area contributed by atoms with E-state index in [1.165, 1.54) is 17.8 Å². The van der Waals surface area contributed by atoms with Gasteiger partial charge in [0.25, 0.3) is 5.91 Å². The first kappa shape index (κ1) is 27.5. The summed E-state index contributed by atoms with van der Waals surface area (Å²) in [5.41, 5.74) is 0.498. The van der Waals surface area contributed by atoms with Crippen molar-refractivity contribution in [2.24, 2.45) is 0 Å². The molecule has 204 valence electrons. The van der Waals surface area contributed by atoms with E-state index in [1.54, 1.807) is 53.7 Å². The summed E-state index contributed by atoms with van der Waals surface area (Å²) in [7, 11) is 0. The number of carbonyl (C=O) groups is 1. The van der Waals surface area contributed by atoms with E-state index < -0.39 is 17.1 Å². The van der Waals surface area contributed by atoms with Crippen LogP contribution in [0.25, 0.3) is 6.08 Å². The van der Waals surface area contributed by atoms with Crippen molar-refractivity contribution in [3.05, 3.63) is 93.6 Å². The molecule has 0 spiro atoms. The van der Waals surface area contributed by atoms with Gasteiger partial charge in [0.2, 0.25) is 5.95 Å². The molecule has 5 rings (SSSR count). The molecule has 39 heavy (non-hydrogen) atoms. The van der Waals surface area contributed by atoms with Crippen LogP contribution in [0.1, 0.15) is 28.5 Å². The molecule has 0 bridgehead atoms. The largest absolute Gasteiger partial charge is 0.416 e. The van der Waals surface area contributed by atoms with Crippen molar-refractivity contribution in [3.8, 4) is 0 Å². The monoisotopic (exact) mass is 573 g/mol. The minimum absolute atomic E-state index is 0.187. The summed E-state index contributed by atoms with van der Waals surface area (Å²) >= 11 is 7.39. The number of thioether (sulfide) groups is 1. The second kappa shape index (κ2) is 12.0. The average Bonchev–Trinajstić information content (AvgIpc) is 3.24. The van der Waals surface area contributed by atoms with Crippen LogP contribution in [0.2, 0.25) is 5.02 Å². The summed E-state index contributed by atoms with van der Waals surface area (Å²) in [5.74, 6) is 0.535. The lowest BCUT2D eigenvalue weighted by atomic mass is 10.1. The maximum absolute atomic E-state index is 13.5. The van der Waals surface area contributed by atoms with E-state index in [0.29, 0.717) is 28.5 Å². The van der Waals surface area contributed by atoms with Crippen LogP contribution in [0.5, 0.6) is 0 Å². The van der Waals surface area contributed by atoms with Crippen LogP contribution in [0.15, 0.2) is 71.9 Å². The number of hydrogen-bond acceptors (Lipinski definition) is 6. The number of amides is 1. The molecule has 2 aromatic carbocycles. The van der Waals surface area contributed by atoms with Crippen LogP contribution >= 0.6 is 23.4 Å². The highest BCUT2D eigenvalue weighted by Crippen LogP contribution is 2.47. The number of rotatable bonds is 7. The van der Waals surface area contributed by atoms with E-state index in [4.69, 9.17) is 11.6 Å². The summed E-state index contributed by atoms with van der Waals surface area (Å²) < 4.78 is 40.3. The molecule has 3 heterocycles. The zero-order valence-corrected chi connectivity index (χ0v) is 22.6. The Morgan fingerprint density at radius 1 is 0.974 bits per heavy atom. The normalized spacial score (nSPS) is 19.7. The van der Waals surface area contributed by atoms with Crippen LogP contribution in [0, 0.1) is 0 Å². The smallest absolute Gasteiger partial charge is 0.338 e. The van der Waals surface area contributed by atoms with Gasteiger partial charge in [-0.2, -0.15) is 13.2 Å². The second-order valence-corrected chi connectivity index (χ2v) is 10.9. The summed E-state index contributed by atoms with van der Waals surface area (Å²) in [6.07, 6.45) is 1.46. The first-order valence-electron chi connectivity index (χ1n) is 12.6. The Kier molecular flexibility index (Phi) is 8.44. The predicted molar refractivity (Wildman–Crippen MR) is 148 cm³/mol. The third-order valence-corrected chi connectivity index (χ3v) is 8.25. The third kappa shape index (κ3) is 6.74. The summed E-state index contributed by atoms with van der Waals surface area (Å²) in [6, 6.07) is 14.2. The van der Waals surface area contributed by atoms with Crippen molar-refractivity contribution in [3.63, 3.8) is 0 Å². The Bertz CT molecular complexity index is 1330. The van der Waals surface area contributed by atoms with Gasteiger partial charge in [-0.15, -0.1) is 0 Å². The van der Waals surface area contributed by atoms with Gasteiger partial charge in [-0.1, -0.05) is 47.6 Å². The molecule has 0 saturated carbocycles. The van der Waals surface area contributed by atoms with Gasteiger partial charge in [0.05, 0.1) is 10.5 Å². The second-order valence-electron chi connectivity index (χ2n) is 9.39. The highest BCUT2D eigenvalue weighted by Gasteiger charge is 2.38. The number of piperazine rings is 1. The van der Waals surface area contributed by atoms with Gasteiger partial charge in [0, 0.05) is 50.1 Å². The molecular formula is C28H27ClF3N5OS. The molecule has 3 aromatic rings. The lowest BCUT2D eigenvalue weighted by Crippen LogP contribution is -2.47. The minimum Gasteiger partial charge on any atom is -0.338 e. The lowest BCUT2D eigenvalue weighted by Gasteiger charge is -2.35. The molecule has 11 heteroatoms. The first-order chi connectivity index (χ1) is 18.8. The van der Waals surface area contributed by atoms with Crippen molar-refractivity contribution in [2.75, 3.05) is 44.2 Å². The first-order valence-corrected chi connectivity index (χ1v) is 13.9. The van der Waals surface area contributed by atoms with Crippen molar-refractivity contribution in [1.82, 2.24) is 19.8 Å². The maximum atomic E-state index is 13.5. The van der Waals surface area contributed by atoms with E-state index in [2.05, 4.69) is 19.8 Å². The van der Waals surface area contributed by atoms with Crippen LogP contribution in [0.3, 0.4) is 0 Å². The molecule has 2 saturated heterocycles. The van der Waals surface area contributed by atoms with Crippen molar-refractivity contribution in [1.29, 1.82) is 0 Å². The zero-order chi connectivity index (χ0) is 27.4. The van der Waals surface area contributed by atoms with Gasteiger partial charge in [-0.25, -0.2) is 9.97 Å². The average molecular weight is 574 g/mol. The zero-order valence-electron chi connectivity index (χ0n) is 21.0. The summed E-state index contributed by atoms with van der Waals surface area (Å²) in [5, 5.41) is 0.00214. The van der Waals surface area contributed by atoms with Gasteiger partial charge >= 0.3 is 6.18 Å². The minimum atomic E-state index is -4.46. The Labute approximate surface area is 234 Å². The molecule has 1 aromatic heterocycles. The van der Waals surface area contributed by atoms with E-state index >= 15 is 0 Å². The van der Waals surface area contributed by atoms with Crippen LogP contribution in [0.4, 0.5) is 19.1 Å². The van der Waals surface area contributed by atoms with Crippen LogP contribution in [-0.2, 0) is 11.0 Å². The van der Waals surface area contributed by atoms with Crippen molar-refractivity contribution >= 4 is 41.3 Å². The molecule has 0 N–H and O–H groups in total. The predicted octanol–water partition coefficient (Wildman–Crippen LogP) is 5.98. The molecule has 1 atom stereocenters. The van der Waals surface area contributed by atoms with Gasteiger partial charge in [0.15, 0.2) is 0 Å². The maximum Gasteiger partial charge on any atom is 0.416 e. The molecule has 2 fully saturated rings. The number of carbonyl (C=O) groups excluding carboxylic acids is 1. The number of benzene rings is 2. The molecule has 1 amide bonds. The fraction of sp³-hybridized carbons (Fsp3) is 0.321. The number of alkyl halides is 3. The molecule has 0 aliphatic carbocycles.